The van der Waals surface area contributed by atoms with Gasteiger partial charge in [0.15, 0.2) is 0 Å². The van der Waals surface area contributed by atoms with Gasteiger partial charge >= 0.3 is 22.4 Å². The van der Waals surface area contributed by atoms with Crippen LogP contribution in [0.15, 0.2) is 24.4 Å². The summed E-state index contributed by atoms with van der Waals surface area (Å²) in [5.74, 6) is -0.559. The molecule has 2 atom stereocenters. The molecule has 3 heterocycles. The number of hydroxylamine groups is 2. The summed E-state index contributed by atoms with van der Waals surface area (Å²) in [5, 5.41) is 0.594. The number of ether oxygens (including phenoxy) is 1. The van der Waals surface area contributed by atoms with Crippen LogP contribution in [-0.2, 0) is 30.6 Å². The molecule has 0 aliphatic carbocycles. The van der Waals surface area contributed by atoms with E-state index >= 15 is 0 Å². The molecule has 0 aromatic carbocycles. The standard InChI is InChI=1S/C14H17N3O7S/c18-13(23-8-6-10-3-1-2-7-15-10)12-5-4-11-9-16(12)14(19)17(11)24-25(20,21)22/h1-3,7,11-12H,4-6,8-9H2,(H,20,21,22). The summed E-state index contributed by atoms with van der Waals surface area (Å²) >= 11 is 0. The lowest BCUT2D eigenvalue weighted by atomic mass is 10.0. The summed E-state index contributed by atoms with van der Waals surface area (Å²) in [6, 6.07) is 3.31. The summed E-state index contributed by atoms with van der Waals surface area (Å²) in [6.45, 7) is 0.261. The zero-order valence-electron chi connectivity index (χ0n) is 13.1. The molecule has 11 heteroatoms. The first-order chi connectivity index (χ1) is 11.8. The number of piperidine rings is 1. The molecular weight excluding hydrogens is 354 g/mol. The molecule has 2 aliphatic rings. The second kappa shape index (κ2) is 6.94. The minimum Gasteiger partial charge on any atom is -0.464 e. The van der Waals surface area contributed by atoms with E-state index in [2.05, 4.69) is 9.27 Å². The number of hydrogen-bond acceptors (Lipinski definition) is 7. The van der Waals surface area contributed by atoms with Crippen molar-refractivity contribution in [2.24, 2.45) is 0 Å². The summed E-state index contributed by atoms with van der Waals surface area (Å²) in [4.78, 5) is 29.8. The number of nitrogens with zero attached hydrogens (tertiary/aromatic N) is 3. The van der Waals surface area contributed by atoms with Crippen molar-refractivity contribution in [1.82, 2.24) is 14.9 Å². The Balaban J connectivity index is 1.57. The smallest absolute Gasteiger partial charge is 0.418 e. The quantitative estimate of drug-likeness (QED) is 0.554. The fourth-order valence-electron chi connectivity index (χ4n) is 2.97. The van der Waals surface area contributed by atoms with E-state index < -0.39 is 34.5 Å². The number of pyridine rings is 1. The molecule has 1 N–H and O–H groups in total. The molecule has 3 rings (SSSR count). The van der Waals surface area contributed by atoms with Crippen LogP contribution in [0.4, 0.5) is 4.79 Å². The summed E-state index contributed by atoms with van der Waals surface area (Å²) in [7, 11) is -4.81. The van der Waals surface area contributed by atoms with E-state index in [1.165, 1.54) is 4.90 Å². The van der Waals surface area contributed by atoms with Crippen LogP contribution in [0.5, 0.6) is 0 Å². The van der Waals surface area contributed by atoms with Crippen LogP contribution in [0.1, 0.15) is 18.5 Å². The van der Waals surface area contributed by atoms with Gasteiger partial charge in [-0.1, -0.05) is 6.07 Å². The molecule has 2 amide bonds. The first-order valence-electron chi connectivity index (χ1n) is 7.68. The van der Waals surface area contributed by atoms with Gasteiger partial charge in [0.2, 0.25) is 0 Å². The second-order valence-electron chi connectivity index (χ2n) is 5.75. The Kier molecular flexibility index (Phi) is 4.88. The summed E-state index contributed by atoms with van der Waals surface area (Å²) in [5.41, 5.74) is 0.781. The Bertz CT molecular complexity index is 755. The number of fused-ring (bicyclic) bond motifs is 2. The van der Waals surface area contributed by atoms with Gasteiger partial charge in [0, 0.05) is 24.9 Å². The predicted octanol–water partition coefficient (Wildman–Crippen LogP) is 0.170. The normalized spacial score (nSPS) is 23.0. The molecule has 25 heavy (non-hydrogen) atoms. The number of aromatic nitrogens is 1. The van der Waals surface area contributed by atoms with Crippen molar-refractivity contribution in [2.75, 3.05) is 13.2 Å². The molecule has 0 radical (unpaired) electrons. The van der Waals surface area contributed by atoms with Crippen LogP contribution < -0.4 is 0 Å². The molecule has 10 nitrogen and oxygen atoms in total. The first kappa shape index (κ1) is 17.6. The van der Waals surface area contributed by atoms with E-state index in [-0.39, 0.29) is 13.2 Å². The monoisotopic (exact) mass is 371 g/mol. The maximum absolute atomic E-state index is 12.3. The molecule has 2 fully saturated rings. The number of esters is 1. The van der Waals surface area contributed by atoms with E-state index in [4.69, 9.17) is 9.29 Å². The second-order valence-corrected chi connectivity index (χ2v) is 6.75. The molecule has 1 aromatic heterocycles. The van der Waals surface area contributed by atoms with Crippen LogP contribution in [0.3, 0.4) is 0 Å². The Morgan fingerprint density at radius 3 is 2.84 bits per heavy atom. The topological polar surface area (TPSA) is 126 Å². The summed E-state index contributed by atoms with van der Waals surface area (Å²) < 4.78 is 39.9. The van der Waals surface area contributed by atoms with Crippen LogP contribution in [0, 0.1) is 0 Å². The minimum atomic E-state index is -4.81. The maximum atomic E-state index is 12.3. The van der Waals surface area contributed by atoms with Crippen LogP contribution in [0.25, 0.3) is 0 Å². The molecule has 2 aliphatic heterocycles. The fraction of sp³-hybridized carbons (Fsp3) is 0.500. The third kappa shape index (κ3) is 4.06. The number of rotatable bonds is 6. The maximum Gasteiger partial charge on any atom is 0.418 e. The molecule has 1 aromatic rings. The Labute approximate surface area is 144 Å². The predicted molar refractivity (Wildman–Crippen MR) is 82.3 cm³/mol. The average molecular weight is 371 g/mol. The lowest BCUT2D eigenvalue weighted by Gasteiger charge is -2.28. The van der Waals surface area contributed by atoms with Crippen LogP contribution in [0.2, 0.25) is 0 Å². The van der Waals surface area contributed by atoms with E-state index in [1.54, 1.807) is 12.3 Å². The number of hydrogen-bond donors (Lipinski definition) is 1. The van der Waals surface area contributed by atoms with Crippen molar-refractivity contribution < 1.29 is 31.6 Å². The summed E-state index contributed by atoms with van der Waals surface area (Å²) in [6.07, 6.45) is 2.78. The van der Waals surface area contributed by atoms with Crippen molar-refractivity contribution in [3.63, 3.8) is 0 Å². The van der Waals surface area contributed by atoms with Gasteiger partial charge in [-0.05, 0) is 25.0 Å². The Morgan fingerprint density at radius 2 is 2.16 bits per heavy atom. The largest absolute Gasteiger partial charge is 0.464 e. The number of carbonyl (C=O) groups excluding carboxylic acids is 2. The molecule has 0 saturated carbocycles. The lowest BCUT2D eigenvalue weighted by molar-refractivity contribution is -0.149. The highest BCUT2D eigenvalue weighted by atomic mass is 32.3. The van der Waals surface area contributed by atoms with Gasteiger partial charge in [-0.25, -0.2) is 9.59 Å². The van der Waals surface area contributed by atoms with E-state index in [1.807, 2.05) is 12.1 Å². The highest BCUT2D eigenvalue weighted by Crippen LogP contribution is 2.31. The number of carbonyl (C=O) groups is 2. The third-order valence-corrected chi connectivity index (χ3v) is 4.45. The van der Waals surface area contributed by atoms with Gasteiger partial charge in [0.1, 0.15) is 6.04 Å². The molecule has 2 unspecified atom stereocenters. The SMILES string of the molecule is O=C(OCCc1ccccn1)C1CCC2CN1C(=O)N2OS(=O)(=O)O. The van der Waals surface area contributed by atoms with E-state index in [0.29, 0.717) is 24.3 Å². The fourth-order valence-corrected chi connectivity index (χ4v) is 3.36. The van der Waals surface area contributed by atoms with Crippen molar-refractivity contribution in [1.29, 1.82) is 0 Å². The van der Waals surface area contributed by atoms with Gasteiger partial charge in [-0.3, -0.25) is 9.54 Å². The molecule has 2 bridgehead atoms. The average Bonchev–Trinajstić information content (AvgIpc) is 2.79. The van der Waals surface area contributed by atoms with Gasteiger partial charge in [0.05, 0.1) is 12.6 Å². The van der Waals surface area contributed by atoms with Gasteiger partial charge < -0.3 is 9.64 Å². The first-order valence-corrected chi connectivity index (χ1v) is 9.05. The Morgan fingerprint density at radius 1 is 1.36 bits per heavy atom. The zero-order valence-corrected chi connectivity index (χ0v) is 14.0. The van der Waals surface area contributed by atoms with Gasteiger partial charge in [-0.2, -0.15) is 13.5 Å². The molecule has 0 spiro atoms. The van der Waals surface area contributed by atoms with Gasteiger partial charge in [-0.15, -0.1) is 4.28 Å². The van der Waals surface area contributed by atoms with Crippen molar-refractivity contribution in [3.05, 3.63) is 30.1 Å². The van der Waals surface area contributed by atoms with Crippen LogP contribution in [-0.4, -0.2) is 65.2 Å². The molecular formula is C14H17N3O7S. The van der Waals surface area contributed by atoms with Crippen molar-refractivity contribution in [3.8, 4) is 0 Å². The van der Waals surface area contributed by atoms with Gasteiger partial charge in [0.25, 0.3) is 0 Å². The third-order valence-electron chi connectivity index (χ3n) is 4.10. The number of amides is 2. The van der Waals surface area contributed by atoms with Crippen molar-refractivity contribution >= 4 is 22.4 Å². The lowest BCUT2D eigenvalue weighted by Crippen LogP contribution is -2.46. The highest BCUT2D eigenvalue weighted by Gasteiger charge is 2.49. The Hall–Kier alpha value is -2.24. The minimum absolute atomic E-state index is 0.128. The van der Waals surface area contributed by atoms with Crippen LogP contribution >= 0.6 is 0 Å². The van der Waals surface area contributed by atoms with Crippen molar-refractivity contribution in [2.45, 2.75) is 31.3 Å². The number of urea groups is 1. The molecule has 2 saturated heterocycles. The molecule has 136 valence electrons. The zero-order chi connectivity index (χ0) is 18.0. The van der Waals surface area contributed by atoms with E-state index in [0.717, 1.165) is 5.69 Å². The van der Waals surface area contributed by atoms with E-state index in [9.17, 15) is 18.0 Å². The highest BCUT2D eigenvalue weighted by molar-refractivity contribution is 7.80.